The maximum absolute atomic E-state index is 11.4. The quantitative estimate of drug-likeness (QED) is 0.373. The SMILES string of the molecule is CCCCOCCCC(=O)NCCCC#CI. The number of amides is 1. The van der Waals surface area contributed by atoms with Crippen LogP contribution in [-0.2, 0) is 9.53 Å². The summed E-state index contributed by atoms with van der Waals surface area (Å²) in [5, 5.41) is 2.88. The lowest BCUT2D eigenvalue weighted by Crippen LogP contribution is -2.24. The highest BCUT2D eigenvalue weighted by Gasteiger charge is 1.99. The van der Waals surface area contributed by atoms with Gasteiger partial charge in [0.2, 0.25) is 5.91 Å². The van der Waals surface area contributed by atoms with Gasteiger partial charge in [0.05, 0.1) is 0 Å². The molecular weight excluding hydrogens is 329 g/mol. The highest BCUT2D eigenvalue weighted by Crippen LogP contribution is 1.94. The zero-order chi connectivity index (χ0) is 12.8. The Hall–Kier alpha value is -0.280. The molecule has 0 rings (SSSR count). The summed E-state index contributed by atoms with van der Waals surface area (Å²) in [5.74, 6) is 3.08. The van der Waals surface area contributed by atoms with Crippen LogP contribution in [0.3, 0.4) is 0 Å². The second-order valence-electron chi connectivity index (χ2n) is 3.79. The molecule has 4 heteroatoms. The van der Waals surface area contributed by atoms with E-state index in [1.54, 1.807) is 0 Å². The van der Waals surface area contributed by atoms with Crippen LogP contribution in [0, 0.1) is 9.85 Å². The van der Waals surface area contributed by atoms with Crippen molar-refractivity contribution in [2.24, 2.45) is 0 Å². The molecule has 0 fully saturated rings. The summed E-state index contributed by atoms with van der Waals surface area (Å²) in [6, 6.07) is 0. The maximum atomic E-state index is 11.4. The van der Waals surface area contributed by atoms with Gasteiger partial charge in [-0.3, -0.25) is 4.79 Å². The first-order valence-electron chi connectivity index (χ1n) is 6.24. The van der Waals surface area contributed by atoms with E-state index >= 15 is 0 Å². The van der Waals surface area contributed by atoms with Crippen molar-refractivity contribution >= 4 is 28.5 Å². The van der Waals surface area contributed by atoms with E-state index in [9.17, 15) is 4.79 Å². The van der Waals surface area contributed by atoms with E-state index in [2.05, 4.69) is 22.1 Å². The lowest BCUT2D eigenvalue weighted by Gasteiger charge is -2.04. The van der Waals surface area contributed by atoms with Crippen molar-refractivity contribution < 1.29 is 9.53 Å². The van der Waals surface area contributed by atoms with Gasteiger partial charge in [-0.05, 0) is 23.2 Å². The standard InChI is InChI=1S/C13H22INO2/c1-2-3-11-17-12-7-8-13(16)15-10-6-4-5-9-14/h2-4,6-8,10-12H2,1H3,(H,15,16). The molecule has 1 amide bonds. The predicted octanol–water partition coefficient (Wildman–Crippen LogP) is 2.88. The molecule has 3 nitrogen and oxygen atoms in total. The fraction of sp³-hybridized carbons (Fsp3) is 0.769. The van der Waals surface area contributed by atoms with Crippen molar-refractivity contribution in [1.82, 2.24) is 5.32 Å². The molecule has 1 N–H and O–H groups in total. The molecule has 0 aromatic heterocycles. The summed E-state index contributed by atoms with van der Waals surface area (Å²) in [6.07, 6.45) is 5.40. The molecule has 0 radical (unpaired) electrons. The number of ether oxygens (including phenoxy) is 1. The molecule has 0 saturated carbocycles. The average Bonchev–Trinajstić information content (AvgIpc) is 2.33. The number of hydrogen-bond donors (Lipinski definition) is 1. The number of hydrogen-bond acceptors (Lipinski definition) is 2. The molecule has 0 aliphatic rings. The van der Waals surface area contributed by atoms with Gasteiger partial charge in [0.25, 0.3) is 0 Å². The van der Waals surface area contributed by atoms with Gasteiger partial charge in [-0.1, -0.05) is 19.3 Å². The van der Waals surface area contributed by atoms with E-state index in [0.29, 0.717) is 13.0 Å². The number of halogens is 1. The first-order valence-corrected chi connectivity index (χ1v) is 7.32. The fourth-order valence-electron chi connectivity index (χ4n) is 1.22. The zero-order valence-corrected chi connectivity index (χ0v) is 12.7. The Morgan fingerprint density at radius 1 is 1.29 bits per heavy atom. The second-order valence-corrected chi connectivity index (χ2v) is 4.33. The van der Waals surface area contributed by atoms with E-state index in [4.69, 9.17) is 4.74 Å². The number of nitrogens with one attached hydrogen (secondary N) is 1. The van der Waals surface area contributed by atoms with E-state index in [1.807, 2.05) is 22.6 Å². The number of carbonyl (C=O) groups is 1. The minimum Gasteiger partial charge on any atom is -0.381 e. The molecule has 0 aliphatic heterocycles. The molecule has 98 valence electrons. The van der Waals surface area contributed by atoms with Crippen LogP contribution in [-0.4, -0.2) is 25.7 Å². The third-order valence-corrected chi connectivity index (χ3v) is 2.58. The molecule has 0 aromatic carbocycles. The van der Waals surface area contributed by atoms with Gasteiger partial charge in [-0.2, -0.15) is 0 Å². The predicted molar refractivity (Wildman–Crippen MR) is 79.0 cm³/mol. The number of rotatable bonds is 10. The van der Waals surface area contributed by atoms with Crippen LogP contribution in [0.15, 0.2) is 0 Å². The molecule has 0 saturated heterocycles. The van der Waals surface area contributed by atoms with Crippen LogP contribution in [0.1, 0.15) is 45.4 Å². The van der Waals surface area contributed by atoms with Gasteiger partial charge in [0.1, 0.15) is 0 Å². The normalized spacial score (nSPS) is 9.53. The van der Waals surface area contributed by atoms with Crippen molar-refractivity contribution in [2.45, 2.75) is 45.4 Å². The Morgan fingerprint density at radius 2 is 2.06 bits per heavy atom. The monoisotopic (exact) mass is 351 g/mol. The Morgan fingerprint density at radius 3 is 2.76 bits per heavy atom. The van der Waals surface area contributed by atoms with Crippen molar-refractivity contribution in [2.75, 3.05) is 19.8 Å². The lowest BCUT2D eigenvalue weighted by atomic mass is 10.3. The first kappa shape index (κ1) is 16.7. The summed E-state index contributed by atoms with van der Waals surface area (Å²) < 4.78 is 8.19. The highest BCUT2D eigenvalue weighted by atomic mass is 127. The molecule has 0 heterocycles. The molecule has 0 unspecified atom stereocenters. The second kappa shape index (κ2) is 13.8. The molecule has 0 spiro atoms. The van der Waals surface area contributed by atoms with Crippen LogP contribution >= 0.6 is 22.6 Å². The van der Waals surface area contributed by atoms with Gasteiger partial charge < -0.3 is 10.1 Å². The Kier molecular flexibility index (Phi) is 13.6. The minimum absolute atomic E-state index is 0.117. The average molecular weight is 351 g/mol. The summed E-state index contributed by atoms with van der Waals surface area (Å²) in [5.41, 5.74) is 0. The third kappa shape index (κ3) is 13.7. The summed E-state index contributed by atoms with van der Waals surface area (Å²) in [4.78, 5) is 11.4. The largest absolute Gasteiger partial charge is 0.381 e. The topological polar surface area (TPSA) is 38.3 Å². The Labute approximate surface area is 118 Å². The molecule has 0 bridgehead atoms. The minimum atomic E-state index is 0.117. The van der Waals surface area contributed by atoms with Crippen molar-refractivity contribution in [3.05, 3.63) is 0 Å². The van der Waals surface area contributed by atoms with Gasteiger partial charge >= 0.3 is 0 Å². The summed E-state index contributed by atoms with van der Waals surface area (Å²) >= 11 is 2.02. The maximum Gasteiger partial charge on any atom is 0.220 e. The van der Waals surface area contributed by atoms with Gasteiger partial charge in [0.15, 0.2) is 0 Å². The van der Waals surface area contributed by atoms with Crippen molar-refractivity contribution in [3.8, 4) is 9.85 Å². The molecule has 0 aromatic rings. The molecule has 17 heavy (non-hydrogen) atoms. The van der Waals surface area contributed by atoms with E-state index in [1.165, 1.54) is 0 Å². The number of unbranched alkanes of at least 4 members (excludes halogenated alkanes) is 2. The third-order valence-electron chi connectivity index (χ3n) is 2.20. The van der Waals surface area contributed by atoms with E-state index in [0.717, 1.165) is 45.3 Å². The lowest BCUT2D eigenvalue weighted by molar-refractivity contribution is -0.121. The zero-order valence-electron chi connectivity index (χ0n) is 10.6. The van der Waals surface area contributed by atoms with Crippen LogP contribution in [0.25, 0.3) is 0 Å². The Balaban J connectivity index is 3.19. The van der Waals surface area contributed by atoms with Crippen LogP contribution in [0.5, 0.6) is 0 Å². The smallest absolute Gasteiger partial charge is 0.220 e. The van der Waals surface area contributed by atoms with Crippen molar-refractivity contribution in [3.63, 3.8) is 0 Å². The molecular formula is C13H22INO2. The van der Waals surface area contributed by atoms with Gasteiger partial charge in [-0.15, -0.1) is 0 Å². The van der Waals surface area contributed by atoms with E-state index < -0.39 is 0 Å². The summed E-state index contributed by atoms with van der Waals surface area (Å²) in [7, 11) is 0. The molecule has 0 atom stereocenters. The van der Waals surface area contributed by atoms with Crippen LogP contribution in [0.4, 0.5) is 0 Å². The van der Waals surface area contributed by atoms with Crippen LogP contribution in [0.2, 0.25) is 0 Å². The first-order chi connectivity index (χ1) is 8.31. The van der Waals surface area contributed by atoms with Crippen molar-refractivity contribution in [1.29, 1.82) is 0 Å². The summed E-state index contributed by atoms with van der Waals surface area (Å²) in [6.45, 7) is 4.36. The van der Waals surface area contributed by atoms with Gasteiger partial charge in [0, 0.05) is 55.2 Å². The fourth-order valence-corrected chi connectivity index (χ4v) is 1.49. The van der Waals surface area contributed by atoms with Crippen LogP contribution < -0.4 is 5.32 Å². The highest BCUT2D eigenvalue weighted by molar-refractivity contribution is 14.1. The number of carbonyl (C=O) groups excluding carboxylic acids is 1. The molecule has 0 aliphatic carbocycles. The Bertz CT molecular complexity index is 246. The van der Waals surface area contributed by atoms with E-state index in [-0.39, 0.29) is 5.91 Å². The van der Waals surface area contributed by atoms with Gasteiger partial charge in [-0.25, -0.2) is 0 Å².